The molecular formula is C12H13NO3. The van der Waals surface area contributed by atoms with Gasteiger partial charge in [0, 0.05) is 5.54 Å². The third-order valence-electron chi connectivity index (χ3n) is 2.54. The lowest BCUT2D eigenvalue weighted by molar-refractivity contribution is 0.0507. The zero-order chi connectivity index (χ0) is 12.1. The maximum Gasteiger partial charge on any atom is 0.262 e. The fourth-order valence-electron chi connectivity index (χ4n) is 1.84. The number of amides is 2. The Morgan fingerprint density at radius 1 is 1.06 bits per heavy atom. The van der Waals surface area contributed by atoms with E-state index in [2.05, 4.69) is 0 Å². The number of phenols is 1. The molecule has 4 nitrogen and oxygen atoms in total. The average Bonchev–Trinajstić information content (AvgIpc) is 2.38. The van der Waals surface area contributed by atoms with Crippen molar-refractivity contribution >= 4 is 11.8 Å². The molecule has 1 aliphatic heterocycles. The van der Waals surface area contributed by atoms with Crippen LogP contribution in [0.3, 0.4) is 0 Å². The monoisotopic (exact) mass is 219 g/mol. The molecule has 84 valence electrons. The summed E-state index contributed by atoms with van der Waals surface area (Å²) in [6, 6.07) is 4.23. The Kier molecular flexibility index (Phi) is 2.05. The third-order valence-corrected chi connectivity index (χ3v) is 2.54. The van der Waals surface area contributed by atoms with E-state index in [9.17, 15) is 14.7 Å². The van der Waals surface area contributed by atoms with Crippen LogP contribution >= 0.6 is 0 Å². The Bertz CT molecular complexity index is 486. The molecule has 0 atom stereocenters. The van der Waals surface area contributed by atoms with Gasteiger partial charge in [0.1, 0.15) is 5.75 Å². The van der Waals surface area contributed by atoms with Crippen LogP contribution in [0.2, 0.25) is 0 Å². The van der Waals surface area contributed by atoms with Crippen molar-refractivity contribution in [2.75, 3.05) is 0 Å². The lowest BCUT2D eigenvalue weighted by Crippen LogP contribution is -2.45. The maximum atomic E-state index is 12.0. The number of hydrogen-bond acceptors (Lipinski definition) is 3. The summed E-state index contributed by atoms with van der Waals surface area (Å²) in [6.07, 6.45) is 0. The van der Waals surface area contributed by atoms with Crippen LogP contribution in [0, 0.1) is 0 Å². The molecule has 0 spiro atoms. The Labute approximate surface area is 93.5 Å². The number of carbonyl (C=O) groups is 2. The van der Waals surface area contributed by atoms with Crippen molar-refractivity contribution in [2.24, 2.45) is 0 Å². The number of carbonyl (C=O) groups excluding carboxylic acids is 2. The van der Waals surface area contributed by atoms with Gasteiger partial charge < -0.3 is 5.11 Å². The first-order chi connectivity index (χ1) is 7.32. The minimum Gasteiger partial charge on any atom is -0.508 e. The second kappa shape index (κ2) is 3.07. The highest BCUT2D eigenvalue weighted by Gasteiger charge is 2.41. The van der Waals surface area contributed by atoms with Crippen LogP contribution in [0.4, 0.5) is 0 Å². The molecule has 1 aromatic rings. The molecule has 0 saturated heterocycles. The van der Waals surface area contributed by atoms with Gasteiger partial charge in [0.05, 0.1) is 11.1 Å². The van der Waals surface area contributed by atoms with Crippen molar-refractivity contribution in [1.82, 2.24) is 4.90 Å². The first-order valence-electron chi connectivity index (χ1n) is 5.04. The quantitative estimate of drug-likeness (QED) is 0.677. The molecule has 4 heteroatoms. The zero-order valence-corrected chi connectivity index (χ0v) is 9.44. The van der Waals surface area contributed by atoms with Gasteiger partial charge in [0.2, 0.25) is 0 Å². The first kappa shape index (κ1) is 10.7. The number of rotatable bonds is 0. The van der Waals surface area contributed by atoms with Gasteiger partial charge in [0.15, 0.2) is 0 Å². The summed E-state index contributed by atoms with van der Waals surface area (Å²) < 4.78 is 0. The normalized spacial score (nSPS) is 15.6. The van der Waals surface area contributed by atoms with E-state index in [1.165, 1.54) is 23.1 Å². The molecule has 1 N–H and O–H groups in total. The van der Waals surface area contributed by atoms with Crippen molar-refractivity contribution in [1.29, 1.82) is 0 Å². The summed E-state index contributed by atoms with van der Waals surface area (Å²) in [5.41, 5.74) is 0.0839. The van der Waals surface area contributed by atoms with E-state index in [0.29, 0.717) is 5.56 Å². The van der Waals surface area contributed by atoms with Crippen molar-refractivity contribution < 1.29 is 14.7 Å². The number of hydrogen-bond donors (Lipinski definition) is 1. The molecule has 0 saturated carbocycles. The Morgan fingerprint density at radius 2 is 1.62 bits per heavy atom. The van der Waals surface area contributed by atoms with Crippen LogP contribution < -0.4 is 0 Å². The van der Waals surface area contributed by atoms with Gasteiger partial charge in [-0.3, -0.25) is 14.5 Å². The maximum absolute atomic E-state index is 12.0. The fraction of sp³-hybridized carbons (Fsp3) is 0.333. The summed E-state index contributed by atoms with van der Waals surface area (Å²) in [6.45, 7) is 5.40. The largest absolute Gasteiger partial charge is 0.508 e. The van der Waals surface area contributed by atoms with Crippen LogP contribution in [0.5, 0.6) is 5.75 Å². The highest BCUT2D eigenvalue weighted by atomic mass is 16.3. The smallest absolute Gasteiger partial charge is 0.262 e. The number of aromatic hydroxyl groups is 1. The van der Waals surface area contributed by atoms with Crippen molar-refractivity contribution in [3.63, 3.8) is 0 Å². The summed E-state index contributed by atoms with van der Waals surface area (Å²) in [5, 5.41) is 9.31. The summed E-state index contributed by atoms with van der Waals surface area (Å²) in [4.78, 5) is 25.2. The Hall–Kier alpha value is -1.84. The predicted molar refractivity (Wildman–Crippen MR) is 58.4 cm³/mol. The Balaban J connectivity index is 2.57. The molecule has 0 unspecified atom stereocenters. The molecule has 0 bridgehead atoms. The molecule has 1 aromatic carbocycles. The highest BCUT2D eigenvalue weighted by molar-refractivity contribution is 6.22. The van der Waals surface area contributed by atoms with Gasteiger partial charge in [-0.15, -0.1) is 0 Å². The van der Waals surface area contributed by atoms with E-state index in [1.807, 2.05) is 0 Å². The van der Waals surface area contributed by atoms with E-state index in [-0.39, 0.29) is 23.1 Å². The molecule has 0 radical (unpaired) electrons. The number of nitrogens with zero attached hydrogens (tertiary/aromatic N) is 1. The van der Waals surface area contributed by atoms with E-state index in [1.54, 1.807) is 20.8 Å². The predicted octanol–water partition coefficient (Wildman–Crippen LogP) is 1.79. The Morgan fingerprint density at radius 3 is 2.19 bits per heavy atom. The number of benzene rings is 1. The first-order valence-corrected chi connectivity index (χ1v) is 5.04. The van der Waals surface area contributed by atoms with Gasteiger partial charge in [0.25, 0.3) is 11.8 Å². The topological polar surface area (TPSA) is 57.6 Å². The van der Waals surface area contributed by atoms with Crippen molar-refractivity contribution in [3.8, 4) is 5.75 Å². The number of fused-ring (bicyclic) bond motifs is 1. The van der Waals surface area contributed by atoms with E-state index in [0.717, 1.165) is 0 Å². The van der Waals surface area contributed by atoms with Gasteiger partial charge in [-0.1, -0.05) is 0 Å². The molecule has 0 fully saturated rings. The van der Waals surface area contributed by atoms with Crippen LogP contribution in [0.15, 0.2) is 18.2 Å². The number of imide groups is 1. The second-order valence-electron chi connectivity index (χ2n) is 4.85. The van der Waals surface area contributed by atoms with Crippen LogP contribution in [-0.2, 0) is 0 Å². The van der Waals surface area contributed by atoms with Crippen molar-refractivity contribution in [2.45, 2.75) is 26.3 Å². The molecule has 0 aromatic heterocycles. The molecule has 2 rings (SSSR count). The van der Waals surface area contributed by atoms with Gasteiger partial charge in [-0.05, 0) is 39.0 Å². The molecule has 16 heavy (non-hydrogen) atoms. The molecule has 1 aliphatic rings. The summed E-state index contributed by atoms with van der Waals surface area (Å²) >= 11 is 0. The van der Waals surface area contributed by atoms with E-state index in [4.69, 9.17) is 0 Å². The third kappa shape index (κ3) is 1.38. The molecule has 1 heterocycles. The van der Waals surface area contributed by atoms with Gasteiger partial charge in [-0.2, -0.15) is 0 Å². The standard InChI is InChI=1S/C12H13NO3/c1-12(2,3)13-10(15)8-5-4-7(14)6-9(8)11(13)16/h4-6,14H,1-3H3. The van der Waals surface area contributed by atoms with Crippen LogP contribution in [-0.4, -0.2) is 27.4 Å². The lowest BCUT2D eigenvalue weighted by atomic mass is 10.1. The molecule has 0 aliphatic carbocycles. The lowest BCUT2D eigenvalue weighted by Gasteiger charge is -2.29. The fourth-order valence-corrected chi connectivity index (χ4v) is 1.84. The number of phenolic OH excluding ortho intramolecular Hbond substituents is 1. The zero-order valence-electron chi connectivity index (χ0n) is 9.44. The second-order valence-corrected chi connectivity index (χ2v) is 4.85. The van der Waals surface area contributed by atoms with Gasteiger partial charge in [-0.25, -0.2) is 0 Å². The van der Waals surface area contributed by atoms with E-state index >= 15 is 0 Å². The minimum atomic E-state index is -0.553. The average molecular weight is 219 g/mol. The minimum absolute atomic E-state index is 0.00402. The highest BCUT2D eigenvalue weighted by Crippen LogP contribution is 2.30. The van der Waals surface area contributed by atoms with Crippen LogP contribution in [0.25, 0.3) is 0 Å². The van der Waals surface area contributed by atoms with Crippen molar-refractivity contribution in [3.05, 3.63) is 29.3 Å². The van der Waals surface area contributed by atoms with E-state index < -0.39 is 5.54 Å². The summed E-state index contributed by atoms with van der Waals surface area (Å²) in [7, 11) is 0. The van der Waals surface area contributed by atoms with Gasteiger partial charge >= 0.3 is 0 Å². The molecule has 2 amide bonds. The summed E-state index contributed by atoms with van der Waals surface area (Å²) in [5.74, 6) is -0.647. The van der Waals surface area contributed by atoms with Crippen LogP contribution in [0.1, 0.15) is 41.5 Å². The molecular weight excluding hydrogens is 206 g/mol. The SMILES string of the molecule is CC(C)(C)N1C(=O)c2ccc(O)cc2C1=O.